The summed E-state index contributed by atoms with van der Waals surface area (Å²) in [5.74, 6) is -0.164. The molecule has 5 aromatic rings. The molecule has 4 heteroatoms. The van der Waals surface area contributed by atoms with Gasteiger partial charge < -0.3 is 5.32 Å². The van der Waals surface area contributed by atoms with Gasteiger partial charge in [-0.2, -0.15) is 0 Å². The van der Waals surface area contributed by atoms with Crippen molar-refractivity contribution in [3.63, 3.8) is 0 Å². The lowest BCUT2D eigenvalue weighted by Gasteiger charge is -2.13. The van der Waals surface area contributed by atoms with Crippen molar-refractivity contribution in [3.05, 3.63) is 102 Å². The number of hydrogen-bond donors (Lipinski definition) is 1. The zero-order chi connectivity index (χ0) is 21.4. The van der Waals surface area contributed by atoms with Gasteiger partial charge >= 0.3 is 0 Å². The van der Waals surface area contributed by atoms with Crippen molar-refractivity contribution < 1.29 is 4.79 Å². The molecule has 0 saturated heterocycles. The number of carbonyl (C=O) groups is 1. The number of fused-ring (bicyclic) bond motifs is 2. The van der Waals surface area contributed by atoms with Gasteiger partial charge in [-0.05, 0) is 43.7 Å². The van der Waals surface area contributed by atoms with Crippen LogP contribution in [0.15, 0.2) is 85.1 Å². The molecule has 0 bridgehead atoms. The Morgan fingerprint density at radius 3 is 2.45 bits per heavy atom. The number of amides is 1. The van der Waals surface area contributed by atoms with Gasteiger partial charge in [0.25, 0.3) is 5.91 Å². The van der Waals surface area contributed by atoms with Crippen molar-refractivity contribution in [2.45, 2.75) is 13.8 Å². The number of para-hydroxylation sites is 1. The normalized spacial score (nSPS) is 11.0. The predicted molar refractivity (Wildman–Crippen MR) is 126 cm³/mol. The summed E-state index contributed by atoms with van der Waals surface area (Å²) >= 11 is 0. The molecule has 0 spiro atoms. The molecule has 0 aliphatic heterocycles. The molecule has 5 rings (SSSR count). The van der Waals surface area contributed by atoms with Gasteiger partial charge in [0, 0.05) is 22.5 Å². The molecule has 0 aliphatic carbocycles. The van der Waals surface area contributed by atoms with Crippen molar-refractivity contribution >= 4 is 33.4 Å². The third-order valence-corrected chi connectivity index (χ3v) is 5.46. The van der Waals surface area contributed by atoms with E-state index >= 15 is 0 Å². The summed E-state index contributed by atoms with van der Waals surface area (Å²) in [7, 11) is 0. The fourth-order valence-corrected chi connectivity index (χ4v) is 4.03. The first-order chi connectivity index (χ1) is 15.1. The summed E-state index contributed by atoms with van der Waals surface area (Å²) in [4.78, 5) is 22.7. The molecule has 1 amide bonds. The monoisotopic (exact) mass is 403 g/mol. The number of pyridine rings is 2. The number of aromatic nitrogens is 2. The van der Waals surface area contributed by atoms with Crippen LogP contribution in [0.5, 0.6) is 0 Å². The second kappa shape index (κ2) is 7.65. The summed E-state index contributed by atoms with van der Waals surface area (Å²) in [6.45, 7) is 4.09. The van der Waals surface area contributed by atoms with Gasteiger partial charge in [0.2, 0.25) is 0 Å². The first-order valence-corrected chi connectivity index (χ1v) is 10.2. The van der Waals surface area contributed by atoms with Crippen LogP contribution in [0.25, 0.3) is 33.1 Å². The molecule has 0 saturated carbocycles. The molecule has 2 heterocycles. The lowest BCUT2D eigenvalue weighted by molar-refractivity contribution is 0.102. The molecular weight excluding hydrogens is 382 g/mol. The highest BCUT2D eigenvalue weighted by molar-refractivity contribution is 6.15. The number of carbonyl (C=O) groups excluding carboxylic acids is 1. The number of hydrogen-bond acceptors (Lipinski definition) is 3. The molecule has 0 aliphatic rings. The average molecular weight is 403 g/mol. The second-order valence-corrected chi connectivity index (χ2v) is 7.73. The van der Waals surface area contributed by atoms with Gasteiger partial charge in [0.15, 0.2) is 0 Å². The van der Waals surface area contributed by atoms with Crippen molar-refractivity contribution in [2.24, 2.45) is 0 Å². The molecule has 4 nitrogen and oxygen atoms in total. The maximum atomic E-state index is 13.5. The van der Waals surface area contributed by atoms with Crippen LogP contribution in [0.1, 0.15) is 21.5 Å². The van der Waals surface area contributed by atoms with Crippen LogP contribution in [0.2, 0.25) is 0 Å². The Hall–Kier alpha value is -4.05. The number of rotatable bonds is 3. The largest absolute Gasteiger partial charge is 0.321 e. The second-order valence-electron chi connectivity index (χ2n) is 7.73. The Kier molecular flexibility index (Phi) is 4.68. The summed E-state index contributed by atoms with van der Waals surface area (Å²) in [5.41, 5.74) is 7.01. The van der Waals surface area contributed by atoms with E-state index in [1.54, 1.807) is 6.20 Å². The van der Waals surface area contributed by atoms with Gasteiger partial charge in [-0.3, -0.25) is 9.78 Å². The molecule has 1 N–H and O–H groups in total. The van der Waals surface area contributed by atoms with Crippen LogP contribution >= 0.6 is 0 Å². The standard InChI is InChI=1S/C27H21N3O/c1-17-14-18(2)26-22(15-17)24(12-13-28-26)30-27(31)21-16-25(19-8-4-3-5-9-19)29-23-11-7-6-10-20(21)23/h3-16H,1-2H3,(H,28,30,31). The minimum absolute atomic E-state index is 0.164. The van der Waals surface area contributed by atoms with Crippen LogP contribution in [0, 0.1) is 13.8 Å². The highest BCUT2D eigenvalue weighted by atomic mass is 16.1. The van der Waals surface area contributed by atoms with Crippen LogP contribution in [-0.4, -0.2) is 15.9 Å². The smallest absolute Gasteiger partial charge is 0.256 e. The maximum absolute atomic E-state index is 13.5. The van der Waals surface area contributed by atoms with Crippen molar-refractivity contribution in [1.82, 2.24) is 9.97 Å². The van der Waals surface area contributed by atoms with E-state index in [-0.39, 0.29) is 5.91 Å². The van der Waals surface area contributed by atoms with Gasteiger partial charge in [0.1, 0.15) is 0 Å². The van der Waals surface area contributed by atoms with E-state index in [0.29, 0.717) is 5.56 Å². The Morgan fingerprint density at radius 2 is 1.61 bits per heavy atom. The van der Waals surface area contributed by atoms with Crippen molar-refractivity contribution in [2.75, 3.05) is 5.32 Å². The molecular formula is C27H21N3O. The number of aryl methyl sites for hydroxylation is 2. The van der Waals surface area contributed by atoms with Gasteiger partial charge in [-0.25, -0.2) is 4.98 Å². The Bertz CT molecular complexity index is 1440. The third-order valence-electron chi connectivity index (χ3n) is 5.46. The first-order valence-electron chi connectivity index (χ1n) is 10.2. The molecule has 0 fully saturated rings. The summed E-state index contributed by atoms with van der Waals surface area (Å²) in [6, 6.07) is 25.5. The average Bonchev–Trinajstić information content (AvgIpc) is 2.79. The molecule has 31 heavy (non-hydrogen) atoms. The van der Waals surface area contributed by atoms with Gasteiger partial charge in [0.05, 0.1) is 28.0 Å². The van der Waals surface area contributed by atoms with Crippen molar-refractivity contribution in [3.8, 4) is 11.3 Å². The number of nitrogens with one attached hydrogen (secondary N) is 1. The zero-order valence-corrected chi connectivity index (χ0v) is 17.4. The molecule has 150 valence electrons. The highest BCUT2D eigenvalue weighted by Crippen LogP contribution is 2.28. The number of benzene rings is 3. The van der Waals surface area contributed by atoms with Gasteiger partial charge in [-0.1, -0.05) is 60.2 Å². The van der Waals surface area contributed by atoms with Crippen LogP contribution in [-0.2, 0) is 0 Å². The lowest BCUT2D eigenvalue weighted by Crippen LogP contribution is -2.13. The van der Waals surface area contributed by atoms with E-state index < -0.39 is 0 Å². The summed E-state index contributed by atoms with van der Waals surface area (Å²) < 4.78 is 0. The summed E-state index contributed by atoms with van der Waals surface area (Å²) in [5, 5.41) is 4.88. The van der Waals surface area contributed by atoms with Crippen molar-refractivity contribution in [1.29, 1.82) is 0 Å². The molecule has 0 radical (unpaired) electrons. The highest BCUT2D eigenvalue weighted by Gasteiger charge is 2.16. The maximum Gasteiger partial charge on any atom is 0.256 e. The third kappa shape index (κ3) is 3.53. The van der Waals surface area contributed by atoms with E-state index in [9.17, 15) is 4.79 Å². The van der Waals surface area contributed by atoms with Crippen LogP contribution in [0.3, 0.4) is 0 Å². The fraction of sp³-hybridized carbons (Fsp3) is 0.0741. The molecule has 0 unspecified atom stereocenters. The Balaban J connectivity index is 1.63. The number of nitrogens with zero attached hydrogens (tertiary/aromatic N) is 2. The van der Waals surface area contributed by atoms with Crippen LogP contribution in [0.4, 0.5) is 5.69 Å². The van der Waals surface area contributed by atoms with E-state index in [2.05, 4.69) is 22.4 Å². The minimum Gasteiger partial charge on any atom is -0.321 e. The predicted octanol–water partition coefficient (Wildman–Crippen LogP) is 6.32. The summed E-state index contributed by atoms with van der Waals surface area (Å²) in [6.07, 6.45) is 1.74. The Morgan fingerprint density at radius 1 is 0.839 bits per heavy atom. The molecule has 2 aromatic heterocycles. The van der Waals surface area contributed by atoms with Gasteiger partial charge in [-0.15, -0.1) is 0 Å². The quantitative estimate of drug-likeness (QED) is 0.383. The topological polar surface area (TPSA) is 54.9 Å². The number of anilines is 1. The fourth-order valence-electron chi connectivity index (χ4n) is 4.03. The van der Waals surface area contributed by atoms with E-state index in [1.807, 2.05) is 80.6 Å². The van der Waals surface area contributed by atoms with Crippen LogP contribution < -0.4 is 5.32 Å². The first kappa shape index (κ1) is 18.9. The minimum atomic E-state index is -0.164. The Labute approximate surface area is 180 Å². The lowest BCUT2D eigenvalue weighted by atomic mass is 10.0. The SMILES string of the molecule is Cc1cc(C)c2nccc(NC(=O)c3cc(-c4ccccc4)nc4ccccc34)c2c1. The molecule has 0 atom stereocenters. The van der Waals surface area contributed by atoms with E-state index in [0.717, 1.165) is 49.9 Å². The zero-order valence-electron chi connectivity index (χ0n) is 17.4. The van der Waals surface area contributed by atoms with E-state index in [1.165, 1.54) is 0 Å². The van der Waals surface area contributed by atoms with E-state index in [4.69, 9.17) is 4.98 Å². The molecule has 3 aromatic carbocycles.